The fourth-order valence-corrected chi connectivity index (χ4v) is 3.79. The van der Waals surface area contributed by atoms with Crippen molar-refractivity contribution in [2.45, 2.75) is 11.8 Å². The van der Waals surface area contributed by atoms with Crippen LogP contribution in [-0.4, -0.2) is 52.2 Å². The molecule has 180 valence electrons. The lowest BCUT2D eigenvalue weighted by Gasteiger charge is -2.12. The van der Waals surface area contributed by atoms with E-state index in [-0.39, 0.29) is 29.2 Å². The molecule has 0 radical (unpaired) electrons. The second-order valence-electron chi connectivity index (χ2n) is 6.90. The maximum absolute atomic E-state index is 12.7. The summed E-state index contributed by atoms with van der Waals surface area (Å²) in [6, 6.07) is 12.2. The molecule has 0 aliphatic heterocycles. The van der Waals surface area contributed by atoms with Gasteiger partial charge in [0.25, 0.3) is 15.9 Å². The fourth-order valence-electron chi connectivity index (χ4n) is 2.80. The normalized spacial score (nSPS) is 10.8. The first-order valence-electron chi connectivity index (χ1n) is 9.91. The first-order chi connectivity index (χ1) is 16.2. The van der Waals surface area contributed by atoms with Crippen molar-refractivity contribution >= 4 is 27.4 Å². The van der Waals surface area contributed by atoms with Gasteiger partial charge < -0.3 is 24.3 Å². The summed E-state index contributed by atoms with van der Waals surface area (Å²) in [4.78, 5) is 20.1. The van der Waals surface area contributed by atoms with Crippen LogP contribution in [-0.2, 0) is 14.8 Å². The van der Waals surface area contributed by atoms with Crippen LogP contribution in [0.4, 0.5) is 11.5 Å². The van der Waals surface area contributed by atoms with Gasteiger partial charge in [-0.2, -0.15) is 9.97 Å². The Bertz CT molecular complexity index is 1240. The molecule has 1 amide bonds. The third kappa shape index (κ3) is 6.25. The smallest absolute Gasteiger partial charge is 0.321 e. The summed E-state index contributed by atoms with van der Waals surface area (Å²) in [5.74, 6) is 0.650. The number of amides is 1. The Labute approximate surface area is 197 Å². The number of aromatic nitrogens is 2. The molecule has 0 fully saturated rings. The number of aryl methyl sites for hydroxylation is 1. The summed E-state index contributed by atoms with van der Waals surface area (Å²) in [6.07, 6.45) is 0. The summed E-state index contributed by atoms with van der Waals surface area (Å²) in [7, 11) is 0.283. The van der Waals surface area contributed by atoms with E-state index >= 15 is 0 Å². The number of ether oxygens (including phenoxy) is 4. The van der Waals surface area contributed by atoms with Crippen molar-refractivity contribution in [3.8, 4) is 23.4 Å². The van der Waals surface area contributed by atoms with Crippen LogP contribution in [0.5, 0.6) is 23.4 Å². The van der Waals surface area contributed by atoms with E-state index in [0.29, 0.717) is 17.2 Å². The average molecular weight is 489 g/mol. The van der Waals surface area contributed by atoms with Gasteiger partial charge in [-0.05, 0) is 48.9 Å². The lowest BCUT2D eigenvalue weighted by molar-refractivity contribution is -0.118. The van der Waals surface area contributed by atoms with E-state index in [9.17, 15) is 13.2 Å². The third-order valence-electron chi connectivity index (χ3n) is 4.44. The molecule has 2 N–H and O–H groups in total. The Balaban J connectivity index is 1.63. The van der Waals surface area contributed by atoms with Gasteiger partial charge in [0.2, 0.25) is 5.88 Å². The Hall–Kier alpha value is -4.06. The van der Waals surface area contributed by atoms with Crippen LogP contribution in [0.1, 0.15) is 5.56 Å². The van der Waals surface area contributed by atoms with Gasteiger partial charge in [-0.25, -0.2) is 8.42 Å². The van der Waals surface area contributed by atoms with Crippen LogP contribution in [0.15, 0.2) is 53.4 Å². The van der Waals surface area contributed by atoms with Crippen LogP contribution < -0.4 is 29.0 Å². The second kappa shape index (κ2) is 10.7. The molecule has 0 bridgehead atoms. The third-order valence-corrected chi connectivity index (χ3v) is 5.81. The van der Waals surface area contributed by atoms with Crippen molar-refractivity contribution in [1.29, 1.82) is 0 Å². The van der Waals surface area contributed by atoms with Crippen molar-refractivity contribution in [3.63, 3.8) is 0 Å². The fraction of sp³-hybridized carbons (Fsp3) is 0.227. The van der Waals surface area contributed by atoms with Gasteiger partial charge in [0.05, 0.1) is 26.2 Å². The number of rotatable bonds is 10. The molecule has 0 spiro atoms. The van der Waals surface area contributed by atoms with Crippen LogP contribution in [0.25, 0.3) is 0 Å². The highest BCUT2D eigenvalue weighted by Gasteiger charge is 2.17. The summed E-state index contributed by atoms with van der Waals surface area (Å²) in [5.41, 5.74) is 1.39. The van der Waals surface area contributed by atoms with E-state index in [1.54, 1.807) is 12.1 Å². The summed E-state index contributed by atoms with van der Waals surface area (Å²) in [6.45, 7) is 1.66. The second-order valence-corrected chi connectivity index (χ2v) is 8.59. The van der Waals surface area contributed by atoms with Gasteiger partial charge in [-0.1, -0.05) is 6.07 Å². The highest BCUT2D eigenvalue weighted by molar-refractivity contribution is 7.92. The molecule has 2 aromatic carbocycles. The van der Waals surface area contributed by atoms with E-state index in [0.717, 1.165) is 5.56 Å². The average Bonchev–Trinajstić information content (AvgIpc) is 2.82. The molecule has 3 aromatic rings. The molecule has 1 aromatic heterocycles. The Morgan fingerprint density at radius 2 is 1.65 bits per heavy atom. The predicted octanol–water partition coefficient (Wildman–Crippen LogP) is 2.63. The lowest BCUT2D eigenvalue weighted by Crippen LogP contribution is -2.20. The van der Waals surface area contributed by atoms with Crippen LogP contribution in [0.2, 0.25) is 0 Å². The topological polar surface area (TPSA) is 138 Å². The molecule has 0 aliphatic carbocycles. The lowest BCUT2D eigenvalue weighted by atomic mass is 10.2. The highest BCUT2D eigenvalue weighted by atomic mass is 32.2. The molecule has 11 nitrogen and oxygen atoms in total. The van der Waals surface area contributed by atoms with E-state index in [1.807, 2.05) is 13.0 Å². The summed E-state index contributed by atoms with van der Waals surface area (Å²) < 4.78 is 48.5. The molecule has 0 saturated carbocycles. The number of carbonyl (C=O) groups is 1. The number of benzene rings is 2. The molecular weight excluding hydrogens is 464 g/mol. The number of sulfonamides is 1. The molecule has 3 rings (SSSR count). The highest BCUT2D eigenvalue weighted by Crippen LogP contribution is 2.27. The molecule has 1 heterocycles. The number of anilines is 2. The van der Waals surface area contributed by atoms with E-state index < -0.39 is 15.9 Å². The van der Waals surface area contributed by atoms with Gasteiger partial charge >= 0.3 is 6.01 Å². The zero-order chi connectivity index (χ0) is 24.7. The van der Waals surface area contributed by atoms with E-state index in [1.165, 1.54) is 51.7 Å². The SMILES string of the molecule is COc1cc(NS(=O)(=O)c2ccc(NC(=O)COc3ccc(C)cc3OC)cc2)nc(OC)n1. The van der Waals surface area contributed by atoms with E-state index in [4.69, 9.17) is 18.9 Å². The molecular formula is C22H24N4O7S. The minimum atomic E-state index is -3.97. The van der Waals surface area contributed by atoms with Crippen molar-refractivity contribution in [3.05, 3.63) is 54.1 Å². The summed E-state index contributed by atoms with van der Waals surface area (Å²) in [5, 5.41) is 2.65. The first-order valence-corrected chi connectivity index (χ1v) is 11.4. The summed E-state index contributed by atoms with van der Waals surface area (Å²) >= 11 is 0. The van der Waals surface area contributed by atoms with Crippen molar-refractivity contribution < 1.29 is 32.2 Å². The molecule has 34 heavy (non-hydrogen) atoms. The van der Waals surface area contributed by atoms with Gasteiger partial charge in [-0.3, -0.25) is 9.52 Å². The van der Waals surface area contributed by atoms with E-state index in [2.05, 4.69) is 20.0 Å². The molecule has 0 saturated heterocycles. The van der Waals surface area contributed by atoms with Gasteiger partial charge in [-0.15, -0.1) is 0 Å². The monoisotopic (exact) mass is 488 g/mol. The number of hydrogen-bond donors (Lipinski definition) is 2. The zero-order valence-corrected chi connectivity index (χ0v) is 19.8. The van der Waals surface area contributed by atoms with Crippen molar-refractivity contribution in [2.75, 3.05) is 38.0 Å². The number of nitrogens with zero attached hydrogens (tertiary/aromatic N) is 2. The first kappa shape index (κ1) is 24.6. The van der Waals surface area contributed by atoms with Crippen molar-refractivity contribution in [2.24, 2.45) is 0 Å². The quantitative estimate of drug-likeness (QED) is 0.441. The van der Waals surface area contributed by atoms with Crippen LogP contribution in [0.3, 0.4) is 0 Å². The molecule has 0 atom stereocenters. The number of hydrogen-bond acceptors (Lipinski definition) is 9. The molecule has 12 heteroatoms. The minimum absolute atomic E-state index is 0.0234. The largest absolute Gasteiger partial charge is 0.493 e. The zero-order valence-electron chi connectivity index (χ0n) is 19.0. The standard InChI is InChI=1S/C22H24N4O7S/c1-14-5-10-17(18(11-14)30-2)33-13-20(27)23-15-6-8-16(9-7-15)34(28,29)26-19-12-21(31-3)25-22(24-19)32-4/h5-12H,13H2,1-4H3,(H,23,27)(H,24,25,26). The molecule has 0 aliphatic rings. The van der Waals surface area contributed by atoms with Crippen molar-refractivity contribution in [1.82, 2.24) is 9.97 Å². The predicted molar refractivity (Wildman–Crippen MR) is 124 cm³/mol. The number of methoxy groups -OCH3 is 3. The van der Waals surface area contributed by atoms with Crippen LogP contribution >= 0.6 is 0 Å². The maximum atomic E-state index is 12.7. The van der Waals surface area contributed by atoms with Gasteiger partial charge in [0, 0.05) is 11.8 Å². The molecule has 0 unspecified atom stereocenters. The Kier molecular flexibility index (Phi) is 7.74. The maximum Gasteiger partial charge on any atom is 0.321 e. The van der Waals surface area contributed by atoms with Crippen LogP contribution in [0, 0.1) is 6.92 Å². The number of carbonyl (C=O) groups excluding carboxylic acids is 1. The number of nitrogens with one attached hydrogen (secondary N) is 2. The Morgan fingerprint density at radius 3 is 2.29 bits per heavy atom. The Morgan fingerprint density at radius 1 is 0.912 bits per heavy atom. The van der Waals surface area contributed by atoms with Gasteiger partial charge in [0.15, 0.2) is 23.9 Å². The minimum Gasteiger partial charge on any atom is -0.493 e. The van der Waals surface area contributed by atoms with Gasteiger partial charge in [0.1, 0.15) is 0 Å².